The SMILES string of the molecule is CCOc1ccccc1NC(=O)[C@@H](C)NC1CCCCCCC1. The summed E-state index contributed by atoms with van der Waals surface area (Å²) in [5.41, 5.74) is 0.741. The largest absolute Gasteiger partial charge is 0.492 e. The summed E-state index contributed by atoms with van der Waals surface area (Å²) in [5.74, 6) is 0.723. The molecule has 2 N–H and O–H groups in total. The van der Waals surface area contributed by atoms with E-state index in [1.165, 1.54) is 44.9 Å². The second-order valence-corrected chi connectivity index (χ2v) is 6.35. The van der Waals surface area contributed by atoms with E-state index >= 15 is 0 Å². The Labute approximate surface area is 140 Å². The van der Waals surface area contributed by atoms with Gasteiger partial charge in [-0.05, 0) is 38.8 Å². The summed E-state index contributed by atoms with van der Waals surface area (Å²) in [6, 6.07) is 7.84. The van der Waals surface area contributed by atoms with Crippen molar-refractivity contribution >= 4 is 11.6 Å². The average molecular weight is 318 g/mol. The van der Waals surface area contributed by atoms with Gasteiger partial charge in [-0.2, -0.15) is 0 Å². The van der Waals surface area contributed by atoms with E-state index in [2.05, 4.69) is 10.6 Å². The molecule has 0 radical (unpaired) electrons. The highest BCUT2D eigenvalue weighted by Gasteiger charge is 2.19. The van der Waals surface area contributed by atoms with Gasteiger partial charge < -0.3 is 15.4 Å². The van der Waals surface area contributed by atoms with Crippen molar-refractivity contribution in [2.45, 2.75) is 70.9 Å². The Morgan fingerprint density at radius 1 is 1.17 bits per heavy atom. The summed E-state index contributed by atoms with van der Waals surface area (Å²) < 4.78 is 5.56. The molecule has 0 bridgehead atoms. The van der Waals surface area contributed by atoms with Crippen molar-refractivity contribution in [3.8, 4) is 5.75 Å². The Morgan fingerprint density at radius 2 is 1.83 bits per heavy atom. The molecule has 1 aromatic rings. The van der Waals surface area contributed by atoms with Gasteiger partial charge in [0.1, 0.15) is 5.75 Å². The second-order valence-electron chi connectivity index (χ2n) is 6.35. The molecular weight excluding hydrogens is 288 g/mol. The summed E-state index contributed by atoms with van der Waals surface area (Å²) in [5, 5.41) is 6.49. The molecule has 0 aromatic heterocycles. The van der Waals surface area contributed by atoms with Crippen LogP contribution < -0.4 is 15.4 Å². The van der Waals surface area contributed by atoms with Crippen LogP contribution in [-0.2, 0) is 4.79 Å². The fourth-order valence-electron chi connectivity index (χ4n) is 3.14. The van der Waals surface area contributed by atoms with Crippen LogP contribution in [0.4, 0.5) is 5.69 Å². The molecule has 0 saturated heterocycles. The number of rotatable bonds is 6. The first-order valence-electron chi connectivity index (χ1n) is 8.99. The molecule has 0 spiro atoms. The number of benzene rings is 1. The van der Waals surface area contributed by atoms with Gasteiger partial charge in [0.25, 0.3) is 0 Å². The smallest absolute Gasteiger partial charge is 0.241 e. The Kier molecular flexibility index (Phi) is 7.40. The van der Waals surface area contributed by atoms with Crippen LogP contribution >= 0.6 is 0 Å². The molecule has 1 aromatic carbocycles. The summed E-state index contributed by atoms with van der Waals surface area (Å²) in [6.45, 7) is 4.47. The van der Waals surface area contributed by atoms with Crippen LogP contribution in [0.25, 0.3) is 0 Å². The number of amides is 1. The van der Waals surface area contributed by atoms with E-state index in [-0.39, 0.29) is 11.9 Å². The third kappa shape index (κ3) is 5.87. The van der Waals surface area contributed by atoms with Gasteiger partial charge in [-0.3, -0.25) is 4.79 Å². The normalized spacial score (nSPS) is 17.8. The number of anilines is 1. The van der Waals surface area contributed by atoms with Crippen LogP contribution in [0.15, 0.2) is 24.3 Å². The Bertz CT molecular complexity index is 482. The zero-order chi connectivity index (χ0) is 16.5. The standard InChI is InChI=1S/C19H30N2O2/c1-3-23-18-14-10-9-13-17(18)21-19(22)15(2)20-16-11-7-5-4-6-8-12-16/h9-10,13-16,20H,3-8,11-12H2,1-2H3,(H,21,22)/t15-/m1/s1. The zero-order valence-corrected chi connectivity index (χ0v) is 14.4. The van der Waals surface area contributed by atoms with Gasteiger partial charge in [-0.15, -0.1) is 0 Å². The number of para-hydroxylation sites is 2. The summed E-state index contributed by atoms with van der Waals surface area (Å²) in [6.07, 6.45) is 8.87. The highest BCUT2D eigenvalue weighted by Crippen LogP contribution is 2.24. The van der Waals surface area contributed by atoms with Gasteiger partial charge in [0.15, 0.2) is 0 Å². The molecule has 4 heteroatoms. The van der Waals surface area contributed by atoms with Gasteiger partial charge in [0.05, 0.1) is 18.3 Å². The van der Waals surface area contributed by atoms with Crippen molar-refractivity contribution < 1.29 is 9.53 Å². The topological polar surface area (TPSA) is 50.4 Å². The maximum Gasteiger partial charge on any atom is 0.241 e. The minimum Gasteiger partial charge on any atom is -0.492 e. The lowest BCUT2D eigenvalue weighted by Gasteiger charge is -2.25. The van der Waals surface area contributed by atoms with Crippen LogP contribution in [0.3, 0.4) is 0 Å². The van der Waals surface area contributed by atoms with Gasteiger partial charge in [-0.1, -0.05) is 44.2 Å². The minimum atomic E-state index is -0.200. The van der Waals surface area contributed by atoms with Crippen molar-refractivity contribution in [2.75, 3.05) is 11.9 Å². The molecular formula is C19H30N2O2. The van der Waals surface area contributed by atoms with E-state index in [1.807, 2.05) is 38.1 Å². The number of ether oxygens (including phenoxy) is 1. The van der Waals surface area contributed by atoms with Crippen molar-refractivity contribution in [3.05, 3.63) is 24.3 Å². The highest BCUT2D eigenvalue weighted by molar-refractivity contribution is 5.95. The van der Waals surface area contributed by atoms with Crippen LogP contribution in [0, 0.1) is 0 Å². The molecule has 0 unspecified atom stereocenters. The lowest BCUT2D eigenvalue weighted by atomic mass is 9.96. The predicted molar refractivity (Wildman–Crippen MR) is 94.9 cm³/mol. The average Bonchev–Trinajstić information content (AvgIpc) is 2.52. The Balaban J connectivity index is 1.89. The van der Waals surface area contributed by atoms with E-state index in [0.717, 1.165) is 11.4 Å². The number of carbonyl (C=O) groups is 1. The van der Waals surface area contributed by atoms with Crippen molar-refractivity contribution in [3.63, 3.8) is 0 Å². The van der Waals surface area contributed by atoms with Gasteiger partial charge in [-0.25, -0.2) is 0 Å². The lowest BCUT2D eigenvalue weighted by molar-refractivity contribution is -0.118. The molecule has 1 saturated carbocycles. The summed E-state index contributed by atoms with van der Waals surface area (Å²) in [4.78, 5) is 12.5. The van der Waals surface area contributed by atoms with Crippen molar-refractivity contribution in [1.29, 1.82) is 0 Å². The molecule has 1 fully saturated rings. The number of nitrogens with one attached hydrogen (secondary N) is 2. The monoisotopic (exact) mass is 318 g/mol. The van der Waals surface area contributed by atoms with Crippen molar-refractivity contribution in [1.82, 2.24) is 5.32 Å². The molecule has 1 aliphatic rings. The van der Waals surface area contributed by atoms with E-state index in [1.54, 1.807) is 0 Å². The first kappa shape index (κ1) is 17.8. The molecule has 4 nitrogen and oxygen atoms in total. The van der Waals surface area contributed by atoms with E-state index in [9.17, 15) is 4.79 Å². The fourth-order valence-corrected chi connectivity index (χ4v) is 3.14. The fraction of sp³-hybridized carbons (Fsp3) is 0.632. The van der Waals surface area contributed by atoms with Gasteiger partial charge in [0, 0.05) is 6.04 Å². The molecule has 1 aliphatic carbocycles. The lowest BCUT2D eigenvalue weighted by Crippen LogP contribution is -2.44. The maximum absolute atomic E-state index is 12.5. The third-order valence-electron chi connectivity index (χ3n) is 4.43. The van der Waals surface area contributed by atoms with E-state index in [0.29, 0.717) is 12.6 Å². The summed E-state index contributed by atoms with van der Waals surface area (Å²) in [7, 11) is 0. The number of hydrogen-bond acceptors (Lipinski definition) is 3. The maximum atomic E-state index is 12.5. The highest BCUT2D eigenvalue weighted by atomic mass is 16.5. The van der Waals surface area contributed by atoms with E-state index in [4.69, 9.17) is 4.74 Å². The molecule has 1 amide bonds. The molecule has 0 aliphatic heterocycles. The summed E-state index contributed by atoms with van der Waals surface area (Å²) >= 11 is 0. The predicted octanol–water partition coefficient (Wildman–Crippen LogP) is 4.11. The molecule has 2 rings (SSSR count). The molecule has 1 atom stereocenters. The quantitative estimate of drug-likeness (QED) is 0.829. The zero-order valence-electron chi connectivity index (χ0n) is 14.4. The van der Waals surface area contributed by atoms with Gasteiger partial charge in [0.2, 0.25) is 5.91 Å². The van der Waals surface area contributed by atoms with Crippen LogP contribution in [0.2, 0.25) is 0 Å². The van der Waals surface area contributed by atoms with Gasteiger partial charge >= 0.3 is 0 Å². The first-order valence-corrected chi connectivity index (χ1v) is 8.99. The third-order valence-corrected chi connectivity index (χ3v) is 4.43. The van der Waals surface area contributed by atoms with Crippen LogP contribution in [-0.4, -0.2) is 24.6 Å². The molecule has 0 heterocycles. The molecule has 23 heavy (non-hydrogen) atoms. The van der Waals surface area contributed by atoms with Crippen LogP contribution in [0.1, 0.15) is 58.8 Å². The Morgan fingerprint density at radius 3 is 2.52 bits per heavy atom. The first-order chi connectivity index (χ1) is 11.2. The minimum absolute atomic E-state index is 0.000729. The number of hydrogen-bond donors (Lipinski definition) is 2. The Hall–Kier alpha value is -1.55. The molecule has 128 valence electrons. The van der Waals surface area contributed by atoms with E-state index < -0.39 is 0 Å². The van der Waals surface area contributed by atoms with Crippen molar-refractivity contribution in [2.24, 2.45) is 0 Å². The second kappa shape index (κ2) is 9.56. The number of carbonyl (C=O) groups excluding carboxylic acids is 1. The van der Waals surface area contributed by atoms with Crippen LogP contribution in [0.5, 0.6) is 5.75 Å².